The van der Waals surface area contributed by atoms with Gasteiger partial charge in [-0.1, -0.05) is 36.0 Å². The lowest BCUT2D eigenvalue weighted by Gasteiger charge is -2.12. The molecule has 1 N–H and O–H groups in total. The maximum absolute atomic E-state index is 12.0. The normalized spacial score (nSPS) is 16.3. The Morgan fingerprint density at radius 1 is 1.19 bits per heavy atom. The van der Waals surface area contributed by atoms with E-state index in [1.807, 2.05) is 43.3 Å². The number of nitrogens with zero attached hydrogens (tertiary/aromatic N) is 1. The van der Waals surface area contributed by atoms with E-state index in [-0.39, 0.29) is 11.2 Å². The first kappa shape index (κ1) is 20.3. The molecule has 5 nitrogen and oxygen atoms in total. The number of oxazole rings is 1. The molecule has 1 unspecified atom stereocenters. The number of rotatable bonds is 7. The smallest absolute Gasteiger partial charge is 0.226 e. The molecule has 2 aromatic carbocycles. The molecule has 0 amide bonds. The van der Waals surface area contributed by atoms with Crippen molar-refractivity contribution >= 4 is 38.3 Å². The first-order chi connectivity index (χ1) is 15.2. The maximum atomic E-state index is 12.0. The molecule has 7 heteroatoms. The van der Waals surface area contributed by atoms with Crippen LogP contribution in [0, 0.1) is 6.92 Å². The molecule has 0 aliphatic carbocycles. The van der Waals surface area contributed by atoms with Crippen molar-refractivity contribution in [2.24, 2.45) is 0 Å². The zero-order valence-corrected chi connectivity index (χ0v) is 18.7. The highest BCUT2D eigenvalue weighted by atomic mass is 32.2. The van der Waals surface area contributed by atoms with Crippen molar-refractivity contribution in [1.29, 1.82) is 0 Å². The monoisotopic (exact) mass is 450 g/mol. The van der Waals surface area contributed by atoms with Gasteiger partial charge in [0.05, 0.1) is 24.2 Å². The Labute approximate surface area is 188 Å². The van der Waals surface area contributed by atoms with Crippen molar-refractivity contribution in [3.63, 3.8) is 0 Å². The van der Waals surface area contributed by atoms with E-state index in [4.69, 9.17) is 9.15 Å². The number of aromatic nitrogens is 1. The molecule has 3 heterocycles. The summed E-state index contributed by atoms with van der Waals surface area (Å²) in [5.74, 6) is 3.03. The number of carbonyl (C=O) groups excluding carboxylic acids is 1. The summed E-state index contributed by atoms with van der Waals surface area (Å²) in [7, 11) is 0. The van der Waals surface area contributed by atoms with Gasteiger partial charge in [0.25, 0.3) is 0 Å². The largest absolute Gasteiger partial charge is 0.493 e. The van der Waals surface area contributed by atoms with Crippen LogP contribution in [0.1, 0.15) is 17.0 Å². The molecule has 5 rings (SSSR count). The van der Waals surface area contributed by atoms with Gasteiger partial charge >= 0.3 is 0 Å². The van der Waals surface area contributed by atoms with Gasteiger partial charge < -0.3 is 9.15 Å². The van der Waals surface area contributed by atoms with Crippen molar-refractivity contribution in [2.75, 3.05) is 12.5 Å². The van der Waals surface area contributed by atoms with Crippen LogP contribution in [-0.2, 0) is 17.6 Å². The van der Waals surface area contributed by atoms with Crippen LogP contribution in [0.4, 0.5) is 0 Å². The summed E-state index contributed by atoms with van der Waals surface area (Å²) in [6, 6.07) is 16.0. The van der Waals surface area contributed by atoms with Gasteiger partial charge in [0.2, 0.25) is 11.0 Å². The molecule has 1 aliphatic heterocycles. The Balaban J connectivity index is 1.28. The lowest BCUT2D eigenvalue weighted by atomic mass is 10.0. The summed E-state index contributed by atoms with van der Waals surface area (Å²) in [5.41, 5.74) is 3.08. The number of thioether (sulfide) groups is 1. The Morgan fingerprint density at radius 2 is 2.06 bits per heavy atom. The number of fused-ring (bicyclic) bond motifs is 1. The molecule has 0 spiro atoms. The fraction of sp³-hybridized carbons (Fsp3) is 0.250. The van der Waals surface area contributed by atoms with Gasteiger partial charge in [-0.25, -0.2) is 4.98 Å². The molecule has 1 aliphatic rings. The molecule has 1 fully saturated rings. The molecular weight excluding hydrogens is 428 g/mol. The number of benzene rings is 2. The highest BCUT2D eigenvalue weighted by Gasteiger charge is 2.25. The van der Waals surface area contributed by atoms with Crippen LogP contribution >= 0.6 is 23.1 Å². The molecule has 1 saturated heterocycles. The van der Waals surface area contributed by atoms with Gasteiger partial charge in [-0.05, 0) is 48.6 Å². The highest BCUT2D eigenvalue weighted by molar-refractivity contribution is 8.14. The number of ether oxygens (including phenoxy) is 1. The highest BCUT2D eigenvalue weighted by Crippen LogP contribution is 2.34. The SMILES string of the molecule is Cc1oc(-c2ccccc2)nc1CCOc1ccc(CC2NCSC2=O)c2sccc12. The van der Waals surface area contributed by atoms with E-state index < -0.39 is 0 Å². The van der Waals surface area contributed by atoms with Gasteiger partial charge in [0, 0.05) is 22.1 Å². The Morgan fingerprint density at radius 3 is 2.87 bits per heavy atom. The molecule has 4 aromatic rings. The number of hydrogen-bond donors (Lipinski definition) is 1. The zero-order valence-electron chi connectivity index (χ0n) is 17.1. The van der Waals surface area contributed by atoms with Gasteiger partial charge in [-0.3, -0.25) is 10.1 Å². The Bertz CT molecular complexity index is 1220. The molecule has 0 saturated carbocycles. The average Bonchev–Trinajstić information content (AvgIpc) is 3.51. The van der Waals surface area contributed by atoms with Crippen molar-refractivity contribution in [3.8, 4) is 17.2 Å². The second-order valence-corrected chi connectivity index (χ2v) is 9.34. The fourth-order valence-corrected chi connectivity index (χ4v) is 5.51. The lowest BCUT2D eigenvalue weighted by Crippen LogP contribution is -2.29. The van der Waals surface area contributed by atoms with Gasteiger partial charge in [-0.15, -0.1) is 11.3 Å². The van der Waals surface area contributed by atoms with Crippen LogP contribution in [0.25, 0.3) is 21.5 Å². The number of nitrogens with one attached hydrogen (secondary N) is 1. The minimum Gasteiger partial charge on any atom is -0.493 e. The molecule has 0 bridgehead atoms. The van der Waals surface area contributed by atoms with Gasteiger partial charge in [-0.2, -0.15) is 0 Å². The van der Waals surface area contributed by atoms with E-state index in [0.29, 0.717) is 31.2 Å². The summed E-state index contributed by atoms with van der Waals surface area (Å²) < 4.78 is 13.2. The van der Waals surface area contributed by atoms with Crippen LogP contribution in [0.2, 0.25) is 0 Å². The summed E-state index contributed by atoms with van der Waals surface area (Å²) in [4.78, 5) is 16.6. The Hall–Kier alpha value is -2.61. The standard InChI is InChI=1S/C24H22N2O3S2/c1-15-19(26-23(29-15)16-5-3-2-4-6-16)9-11-28-21-8-7-17(22-18(21)10-12-30-22)13-20-24(27)31-14-25-20/h2-8,10,12,20,25H,9,11,13-14H2,1H3. The second kappa shape index (κ2) is 8.86. The summed E-state index contributed by atoms with van der Waals surface area (Å²) in [6.07, 6.45) is 1.39. The van der Waals surface area contributed by atoms with E-state index in [9.17, 15) is 4.79 Å². The quantitative estimate of drug-likeness (QED) is 0.417. The fourth-order valence-electron chi connectivity index (χ4n) is 3.77. The predicted molar refractivity (Wildman–Crippen MR) is 126 cm³/mol. The number of aryl methyl sites for hydroxylation is 1. The zero-order chi connectivity index (χ0) is 21.2. The van der Waals surface area contributed by atoms with Crippen molar-refractivity contribution < 1.29 is 13.9 Å². The number of carbonyl (C=O) groups is 1. The van der Waals surface area contributed by atoms with Crippen molar-refractivity contribution in [3.05, 3.63) is 70.9 Å². The van der Waals surface area contributed by atoms with E-state index in [2.05, 4.69) is 27.8 Å². The molecular formula is C24H22N2O3S2. The van der Waals surface area contributed by atoms with Crippen LogP contribution in [0.15, 0.2) is 58.3 Å². The third kappa shape index (κ3) is 4.26. The van der Waals surface area contributed by atoms with Gasteiger partial charge in [0.1, 0.15) is 11.5 Å². The molecule has 2 aromatic heterocycles. The van der Waals surface area contributed by atoms with E-state index >= 15 is 0 Å². The maximum Gasteiger partial charge on any atom is 0.226 e. The van der Waals surface area contributed by atoms with Crippen molar-refractivity contribution in [2.45, 2.75) is 25.8 Å². The minimum absolute atomic E-state index is 0.101. The predicted octanol–water partition coefficient (Wildman–Crippen LogP) is 5.22. The molecule has 1 atom stereocenters. The number of thiophene rings is 1. The summed E-state index contributed by atoms with van der Waals surface area (Å²) in [5, 5.41) is 6.67. The van der Waals surface area contributed by atoms with E-state index in [1.165, 1.54) is 22.0 Å². The van der Waals surface area contributed by atoms with Crippen LogP contribution in [0.3, 0.4) is 0 Å². The third-order valence-corrected chi connectivity index (χ3v) is 7.29. The van der Waals surface area contributed by atoms with E-state index in [0.717, 1.165) is 28.2 Å². The first-order valence-electron chi connectivity index (χ1n) is 10.2. The van der Waals surface area contributed by atoms with Gasteiger partial charge in [0.15, 0.2) is 0 Å². The minimum atomic E-state index is -0.101. The topological polar surface area (TPSA) is 64.4 Å². The van der Waals surface area contributed by atoms with E-state index in [1.54, 1.807) is 11.3 Å². The van der Waals surface area contributed by atoms with Crippen LogP contribution in [-0.4, -0.2) is 28.6 Å². The van der Waals surface area contributed by atoms with Crippen molar-refractivity contribution in [1.82, 2.24) is 10.3 Å². The summed E-state index contributed by atoms with van der Waals surface area (Å²) in [6.45, 7) is 2.46. The summed E-state index contributed by atoms with van der Waals surface area (Å²) >= 11 is 3.05. The second-order valence-electron chi connectivity index (χ2n) is 7.44. The van der Waals surface area contributed by atoms with Crippen LogP contribution in [0.5, 0.6) is 5.75 Å². The Kier molecular flexibility index (Phi) is 5.80. The third-order valence-electron chi connectivity index (χ3n) is 5.42. The number of hydrogen-bond acceptors (Lipinski definition) is 7. The molecule has 0 radical (unpaired) electrons. The molecule has 31 heavy (non-hydrogen) atoms. The first-order valence-corrected chi connectivity index (χ1v) is 12.1. The average molecular weight is 451 g/mol. The lowest BCUT2D eigenvalue weighted by molar-refractivity contribution is -0.112. The molecule has 158 valence electrons. The van der Waals surface area contributed by atoms with Crippen LogP contribution < -0.4 is 10.1 Å².